The summed E-state index contributed by atoms with van der Waals surface area (Å²) >= 11 is 3.74. The van der Waals surface area contributed by atoms with E-state index in [0.29, 0.717) is 26.2 Å². The lowest BCUT2D eigenvalue weighted by Crippen LogP contribution is -2.65. The molecule has 0 aliphatic carbocycles. The Bertz CT molecular complexity index is 2180. The number of halogens is 1. The number of hydrogen-bond donors (Lipinski definition) is 2. The van der Waals surface area contributed by atoms with Gasteiger partial charge in [-0.1, -0.05) is 135 Å². The summed E-state index contributed by atoms with van der Waals surface area (Å²) in [6, 6.07) is 41.1. The summed E-state index contributed by atoms with van der Waals surface area (Å²) in [6.07, 6.45) is 4.28. The molecule has 55 heavy (non-hydrogen) atoms. The number of fused-ring (bicyclic) bond motifs is 1. The molecule has 0 spiro atoms. The molecular formula is C46H51BrN4O3Si. The monoisotopic (exact) mass is 814 g/mol. The Morgan fingerprint density at radius 2 is 1.44 bits per heavy atom. The van der Waals surface area contributed by atoms with Gasteiger partial charge in [-0.25, -0.2) is 9.78 Å². The third-order valence-electron chi connectivity index (χ3n) is 11.4. The highest BCUT2D eigenvalue weighted by molar-refractivity contribution is 9.10. The lowest BCUT2D eigenvalue weighted by Gasteiger charge is -2.43. The van der Waals surface area contributed by atoms with E-state index in [1.165, 1.54) is 10.9 Å². The molecule has 9 heteroatoms. The van der Waals surface area contributed by atoms with Gasteiger partial charge < -0.3 is 24.3 Å². The van der Waals surface area contributed by atoms with Gasteiger partial charge in [0.1, 0.15) is 12.4 Å². The van der Waals surface area contributed by atoms with Gasteiger partial charge in [-0.05, 0) is 81.5 Å². The second kappa shape index (κ2) is 16.2. The van der Waals surface area contributed by atoms with Gasteiger partial charge in [0.2, 0.25) is 0 Å². The van der Waals surface area contributed by atoms with Crippen molar-refractivity contribution in [2.75, 3.05) is 31.1 Å². The number of rotatable bonds is 12. The Kier molecular flexibility index (Phi) is 11.3. The average molecular weight is 816 g/mol. The van der Waals surface area contributed by atoms with Crippen molar-refractivity contribution in [2.45, 2.75) is 58.6 Å². The van der Waals surface area contributed by atoms with Crippen LogP contribution in [0, 0.1) is 5.41 Å². The Labute approximate surface area is 334 Å². The van der Waals surface area contributed by atoms with Gasteiger partial charge in [0.15, 0.2) is 0 Å². The normalized spacial score (nSPS) is 14.0. The molecule has 1 aliphatic heterocycles. The molecule has 6 aromatic rings. The maximum atomic E-state index is 12.8. The van der Waals surface area contributed by atoms with E-state index in [0.717, 1.165) is 62.3 Å². The summed E-state index contributed by atoms with van der Waals surface area (Å²) in [5, 5.41) is 2.97. The molecule has 0 saturated carbocycles. The van der Waals surface area contributed by atoms with Gasteiger partial charge in [0.25, 0.3) is 8.32 Å². The lowest BCUT2D eigenvalue weighted by molar-refractivity contribution is 0.0941. The van der Waals surface area contributed by atoms with Gasteiger partial charge in [-0.3, -0.25) is 0 Å². The van der Waals surface area contributed by atoms with Gasteiger partial charge in [0, 0.05) is 59.0 Å². The van der Waals surface area contributed by atoms with Crippen molar-refractivity contribution in [1.29, 1.82) is 0 Å². The van der Waals surface area contributed by atoms with Gasteiger partial charge >= 0.3 is 6.09 Å². The highest BCUT2D eigenvalue weighted by atomic mass is 79.9. The number of benzene rings is 4. The summed E-state index contributed by atoms with van der Waals surface area (Å²) in [6.45, 7) is 12.0. The van der Waals surface area contributed by atoms with Crippen LogP contribution in [0.15, 0.2) is 132 Å². The predicted molar refractivity (Wildman–Crippen MR) is 231 cm³/mol. The number of carbonyl (C=O) groups is 1. The molecule has 2 aromatic heterocycles. The van der Waals surface area contributed by atoms with Crippen molar-refractivity contribution in [3.8, 4) is 11.3 Å². The van der Waals surface area contributed by atoms with Crippen LogP contribution >= 0.6 is 15.9 Å². The molecule has 7 nitrogen and oxygen atoms in total. The van der Waals surface area contributed by atoms with Crippen LogP contribution in [0.3, 0.4) is 0 Å². The second-order valence-corrected chi connectivity index (χ2v) is 21.1. The third-order valence-corrected chi connectivity index (χ3v) is 16.5. The van der Waals surface area contributed by atoms with E-state index in [2.05, 4.69) is 108 Å². The smallest absolute Gasteiger partial charge is 0.410 e. The first-order valence-corrected chi connectivity index (χ1v) is 22.0. The second-order valence-electron chi connectivity index (χ2n) is 16.3. The van der Waals surface area contributed by atoms with Crippen LogP contribution in [-0.2, 0) is 17.8 Å². The number of hydrogen-bond acceptors (Lipinski definition) is 5. The van der Waals surface area contributed by atoms with Gasteiger partial charge in [0.05, 0.1) is 0 Å². The predicted octanol–water partition coefficient (Wildman–Crippen LogP) is 9.33. The highest BCUT2D eigenvalue weighted by Gasteiger charge is 2.50. The molecule has 1 saturated heterocycles. The molecule has 0 atom stereocenters. The minimum absolute atomic E-state index is 0.0759. The molecule has 0 radical (unpaired) electrons. The fourth-order valence-electron chi connectivity index (χ4n) is 8.03. The number of pyridine rings is 1. The van der Waals surface area contributed by atoms with Gasteiger partial charge in [-0.15, -0.1) is 0 Å². The number of ether oxygens (including phenoxy) is 1. The molecule has 4 aromatic carbocycles. The zero-order valence-electron chi connectivity index (χ0n) is 32.3. The summed E-state index contributed by atoms with van der Waals surface area (Å²) in [7, 11) is -3.13. The SMILES string of the molecule is CC(C)(CCC(C)(C)[Si](O)(c1ccccc1)c1ccccc1)Cc1c(-c2ccnc(N3CCN(C(=O)OCc4ccccc4)CC3)c2)[nH]c2ccc(Br)cc12. The van der Waals surface area contributed by atoms with Gasteiger partial charge in [-0.2, -0.15) is 0 Å². The maximum absolute atomic E-state index is 12.8. The number of anilines is 1. The molecular weight excluding hydrogens is 765 g/mol. The Balaban J connectivity index is 1.10. The highest BCUT2D eigenvalue weighted by Crippen LogP contribution is 2.45. The molecule has 3 heterocycles. The zero-order chi connectivity index (χ0) is 38.6. The van der Waals surface area contributed by atoms with E-state index in [9.17, 15) is 9.59 Å². The Morgan fingerprint density at radius 1 is 0.818 bits per heavy atom. The maximum Gasteiger partial charge on any atom is 0.410 e. The zero-order valence-corrected chi connectivity index (χ0v) is 34.9. The van der Waals surface area contributed by atoms with Crippen LogP contribution in [0.25, 0.3) is 22.2 Å². The molecule has 284 valence electrons. The van der Waals surface area contributed by atoms with E-state index in [4.69, 9.17) is 9.72 Å². The van der Waals surface area contributed by atoms with Crippen molar-refractivity contribution < 1.29 is 14.3 Å². The molecule has 7 rings (SSSR count). The van der Waals surface area contributed by atoms with Crippen LogP contribution in [0.2, 0.25) is 5.04 Å². The summed E-state index contributed by atoms with van der Waals surface area (Å²) in [5.74, 6) is 0.896. The number of nitrogens with zero attached hydrogens (tertiary/aromatic N) is 3. The van der Waals surface area contributed by atoms with Crippen LogP contribution in [0.4, 0.5) is 10.6 Å². The van der Waals surface area contributed by atoms with E-state index < -0.39 is 8.32 Å². The first-order chi connectivity index (χ1) is 26.4. The summed E-state index contributed by atoms with van der Waals surface area (Å²) in [5.41, 5.74) is 5.47. The van der Waals surface area contributed by atoms with E-state index in [-0.39, 0.29) is 23.2 Å². The van der Waals surface area contributed by atoms with Crippen molar-refractivity contribution >= 4 is 57.4 Å². The Morgan fingerprint density at radius 3 is 2.07 bits per heavy atom. The first kappa shape index (κ1) is 38.6. The number of nitrogens with one attached hydrogen (secondary N) is 1. The summed E-state index contributed by atoms with van der Waals surface area (Å²) < 4.78 is 6.65. The number of carbonyl (C=O) groups excluding carboxylic acids is 1. The van der Waals surface area contributed by atoms with Crippen molar-refractivity contribution in [3.05, 3.63) is 143 Å². The minimum Gasteiger partial charge on any atom is -0.445 e. The molecule has 0 unspecified atom stereocenters. The van der Waals surface area contributed by atoms with Crippen LogP contribution in [-0.4, -0.2) is 60.3 Å². The summed E-state index contributed by atoms with van der Waals surface area (Å²) in [4.78, 5) is 38.3. The minimum atomic E-state index is -3.13. The van der Waals surface area contributed by atoms with E-state index >= 15 is 0 Å². The third kappa shape index (κ3) is 8.44. The largest absolute Gasteiger partial charge is 0.445 e. The standard InChI is InChI=1S/C46H51BrN4O3Si/c1-45(2,23-24-46(3,4)55(53,37-16-10-6-11-17-37)38-18-12-7-13-19-38)32-40-39-31-36(47)20-21-41(39)49-43(40)35-22-25-48-42(30-35)50-26-28-51(29-27-50)44(52)54-33-34-14-8-5-9-15-34/h5-22,25,30-31,49,53H,23-24,26-29,32-33H2,1-4H3. The van der Waals surface area contributed by atoms with E-state index in [1.54, 1.807) is 4.90 Å². The first-order valence-electron chi connectivity index (χ1n) is 19.2. The lowest BCUT2D eigenvalue weighted by atomic mass is 9.79. The Hall–Kier alpha value is -4.70. The van der Waals surface area contributed by atoms with Crippen molar-refractivity contribution in [2.24, 2.45) is 5.41 Å². The number of aromatic nitrogens is 2. The molecule has 1 amide bonds. The van der Waals surface area contributed by atoms with Crippen LogP contribution in [0.5, 0.6) is 0 Å². The average Bonchev–Trinajstić information content (AvgIpc) is 3.56. The molecule has 1 fully saturated rings. The molecule has 1 aliphatic rings. The van der Waals surface area contributed by atoms with Crippen LogP contribution < -0.4 is 15.3 Å². The molecule has 2 N–H and O–H groups in total. The van der Waals surface area contributed by atoms with E-state index in [1.807, 2.05) is 72.9 Å². The fourth-order valence-corrected chi connectivity index (χ4v) is 12.1. The number of aromatic amines is 1. The quantitative estimate of drug-likeness (QED) is 0.121. The topological polar surface area (TPSA) is 81.7 Å². The number of amides is 1. The number of piperazine rings is 1. The fraction of sp³-hybridized carbons (Fsp3) is 0.304. The van der Waals surface area contributed by atoms with Crippen molar-refractivity contribution in [3.63, 3.8) is 0 Å². The van der Waals surface area contributed by atoms with Crippen molar-refractivity contribution in [1.82, 2.24) is 14.9 Å². The van der Waals surface area contributed by atoms with Crippen LogP contribution in [0.1, 0.15) is 51.7 Å². The number of H-pyrrole nitrogens is 1. The molecule has 0 bridgehead atoms.